The Morgan fingerprint density at radius 3 is 2.31 bits per heavy atom. The van der Waals surface area contributed by atoms with Crippen LogP contribution >= 0.6 is 0 Å². The molecule has 78 valence electrons. The van der Waals surface area contributed by atoms with Crippen molar-refractivity contribution in [2.75, 3.05) is 13.2 Å². The highest BCUT2D eigenvalue weighted by molar-refractivity contribution is 4.84. The summed E-state index contributed by atoms with van der Waals surface area (Å²) in [6, 6.07) is -0.539. The zero-order valence-corrected chi connectivity index (χ0v) is 7.47. The molecule has 0 aliphatic carbocycles. The molecule has 5 heteroatoms. The molecule has 0 radical (unpaired) electrons. The Balaban J connectivity index is 2.57. The summed E-state index contributed by atoms with van der Waals surface area (Å²) in [4.78, 5) is 0. The summed E-state index contributed by atoms with van der Waals surface area (Å²) in [7, 11) is 0. The Morgan fingerprint density at radius 2 is 1.62 bits per heavy atom. The molecular formula is C8H17NO4. The lowest BCUT2D eigenvalue weighted by atomic mass is 9.99. The topological polar surface area (TPSA) is 95.9 Å². The third-order valence-corrected chi connectivity index (χ3v) is 2.34. The number of rotatable bonds is 0. The molecule has 1 aliphatic rings. The first-order valence-corrected chi connectivity index (χ1v) is 4.50. The lowest BCUT2D eigenvalue weighted by Crippen LogP contribution is -2.48. The quantitative estimate of drug-likeness (QED) is 0.362. The van der Waals surface area contributed by atoms with Gasteiger partial charge < -0.3 is 25.8 Å². The van der Waals surface area contributed by atoms with Crippen molar-refractivity contribution in [3.8, 4) is 0 Å². The number of hydrogen-bond donors (Lipinski definition) is 4. The van der Waals surface area contributed by atoms with Gasteiger partial charge in [-0.1, -0.05) is 0 Å². The predicted molar refractivity (Wildman–Crippen MR) is 46.0 cm³/mol. The molecule has 0 amide bonds. The number of nitrogens with two attached hydrogens (primary N) is 1. The van der Waals surface area contributed by atoms with Crippen LogP contribution in [0, 0.1) is 0 Å². The highest BCUT2D eigenvalue weighted by atomic mass is 16.5. The largest absolute Gasteiger partial charge is 0.390 e. The average molecular weight is 191 g/mol. The van der Waals surface area contributed by atoms with Crippen molar-refractivity contribution < 1.29 is 20.1 Å². The van der Waals surface area contributed by atoms with Gasteiger partial charge in [0.05, 0.1) is 12.2 Å². The maximum Gasteiger partial charge on any atom is 0.107 e. The van der Waals surface area contributed by atoms with Crippen molar-refractivity contribution in [1.82, 2.24) is 0 Å². The van der Waals surface area contributed by atoms with Crippen molar-refractivity contribution in [1.29, 1.82) is 0 Å². The van der Waals surface area contributed by atoms with Crippen molar-refractivity contribution in [2.45, 2.75) is 37.2 Å². The molecule has 13 heavy (non-hydrogen) atoms. The molecule has 1 saturated heterocycles. The van der Waals surface area contributed by atoms with Crippen molar-refractivity contribution in [3.63, 3.8) is 0 Å². The van der Waals surface area contributed by atoms with Crippen LogP contribution in [0.25, 0.3) is 0 Å². The number of hydrogen-bond acceptors (Lipinski definition) is 5. The van der Waals surface area contributed by atoms with Gasteiger partial charge in [-0.25, -0.2) is 0 Å². The maximum atomic E-state index is 9.46. The van der Waals surface area contributed by atoms with E-state index in [-0.39, 0.29) is 0 Å². The molecule has 0 aromatic heterocycles. The standard InChI is InChI=1S/C8H17NO4/c9-5-1-3-13-4-2-6(10)8(12)7(5)11/h5-8,10-12H,1-4,9H2. The normalized spacial score (nSPS) is 43.4. The zero-order valence-electron chi connectivity index (χ0n) is 7.47. The first-order valence-electron chi connectivity index (χ1n) is 4.50. The molecule has 1 fully saturated rings. The molecule has 0 aromatic carbocycles. The van der Waals surface area contributed by atoms with Crippen molar-refractivity contribution >= 4 is 0 Å². The van der Waals surface area contributed by atoms with E-state index in [9.17, 15) is 15.3 Å². The highest BCUT2D eigenvalue weighted by Crippen LogP contribution is 2.11. The van der Waals surface area contributed by atoms with E-state index in [4.69, 9.17) is 10.5 Å². The zero-order chi connectivity index (χ0) is 9.84. The Hall–Kier alpha value is -0.200. The predicted octanol–water partition coefficient (Wildman–Crippen LogP) is -1.79. The maximum absolute atomic E-state index is 9.46. The Bertz CT molecular complexity index is 139. The molecule has 4 atom stereocenters. The summed E-state index contributed by atoms with van der Waals surface area (Å²) < 4.78 is 5.13. The van der Waals surface area contributed by atoms with Crippen LogP contribution in [-0.2, 0) is 4.74 Å². The second-order valence-electron chi connectivity index (χ2n) is 3.40. The van der Waals surface area contributed by atoms with E-state index >= 15 is 0 Å². The van der Waals surface area contributed by atoms with Crippen LogP contribution < -0.4 is 5.73 Å². The molecule has 0 spiro atoms. The molecule has 0 saturated carbocycles. The Kier molecular flexibility index (Phi) is 4.08. The molecule has 0 bridgehead atoms. The van der Waals surface area contributed by atoms with Crippen LogP contribution in [-0.4, -0.2) is 52.9 Å². The molecule has 1 heterocycles. The smallest absolute Gasteiger partial charge is 0.107 e. The molecule has 1 aliphatic heterocycles. The summed E-state index contributed by atoms with van der Waals surface area (Å²) in [5.74, 6) is 0. The second kappa shape index (κ2) is 4.88. The SMILES string of the molecule is NC1CCOCCC(O)C(O)C1O. The van der Waals surface area contributed by atoms with E-state index in [2.05, 4.69) is 0 Å². The minimum absolute atomic E-state index is 0.324. The highest BCUT2D eigenvalue weighted by Gasteiger charge is 2.29. The van der Waals surface area contributed by atoms with E-state index in [1.165, 1.54) is 0 Å². The second-order valence-corrected chi connectivity index (χ2v) is 3.40. The third-order valence-electron chi connectivity index (χ3n) is 2.34. The van der Waals surface area contributed by atoms with Crippen LogP contribution in [0.2, 0.25) is 0 Å². The summed E-state index contributed by atoms with van der Waals surface area (Å²) in [5, 5.41) is 28.2. The van der Waals surface area contributed by atoms with Gasteiger partial charge in [0.2, 0.25) is 0 Å². The van der Waals surface area contributed by atoms with Gasteiger partial charge in [-0.15, -0.1) is 0 Å². The first kappa shape index (κ1) is 10.9. The Labute approximate surface area is 77.1 Å². The van der Waals surface area contributed by atoms with Crippen LogP contribution in [0.3, 0.4) is 0 Å². The van der Waals surface area contributed by atoms with Gasteiger partial charge in [-0.2, -0.15) is 0 Å². The number of aliphatic hydroxyl groups excluding tert-OH is 3. The summed E-state index contributed by atoms with van der Waals surface area (Å²) >= 11 is 0. The van der Waals surface area contributed by atoms with E-state index in [1.54, 1.807) is 0 Å². The van der Waals surface area contributed by atoms with Gasteiger partial charge in [0.1, 0.15) is 6.10 Å². The minimum atomic E-state index is -1.17. The number of ether oxygens (including phenoxy) is 1. The number of aliphatic hydroxyl groups is 3. The Morgan fingerprint density at radius 1 is 1.00 bits per heavy atom. The molecule has 0 aromatic rings. The van der Waals surface area contributed by atoms with Gasteiger partial charge in [0.25, 0.3) is 0 Å². The van der Waals surface area contributed by atoms with Crippen LogP contribution in [0.15, 0.2) is 0 Å². The lowest BCUT2D eigenvalue weighted by molar-refractivity contribution is -0.0695. The minimum Gasteiger partial charge on any atom is -0.390 e. The molecule has 5 N–H and O–H groups in total. The van der Waals surface area contributed by atoms with Gasteiger partial charge in [0.15, 0.2) is 0 Å². The lowest BCUT2D eigenvalue weighted by Gasteiger charge is -2.25. The van der Waals surface area contributed by atoms with Crippen LogP contribution in [0.4, 0.5) is 0 Å². The molecule has 4 unspecified atom stereocenters. The van der Waals surface area contributed by atoms with Gasteiger partial charge in [-0.05, 0) is 12.8 Å². The fourth-order valence-electron chi connectivity index (χ4n) is 1.35. The summed E-state index contributed by atoms with van der Waals surface area (Å²) in [6.45, 7) is 0.843. The van der Waals surface area contributed by atoms with Crippen LogP contribution in [0.1, 0.15) is 12.8 Å². The van der Waals surface area contributed by atoms with Gasteiger partial charge >= 0.3 is 0 Å². The fraction of sp³-hybridized carbons (Fsp3) is 1.00. The van der Waals surface area contributed by atoms with E-state index in [0.717, 1.165) is 0 Å². The molecule has 1 rings (SSSR count). The van der Waals surface area contributed by atoms with E-state index < -0.39 is 24.4 Å². The average Bonchev–Trinajstić information content (AvgIpc) is 2.16. The van der Waals surface area contributed by atoms with Crippen LogP contribution in [0.5, 0.6) is 0 Å². The van der Waals surface area contributed by atoms with Gasteiger partial charge in [-0.3, -0.25) is 0 Å². The van der Waals surface area contributed by atoms with E-state index in [1.807, 2.05) is 0 Å². The fourth-order valence-corrected chi connectivity index (χ4v) is 1.35. The summed E-state index contributed by atoms with van der Waals surface area (Å²) in [6.07, 6.45) is -2.39. The molecule has 5 nitrogen and oxygen atoms in total. The van der Waals surface area contributed by atoms with Gasteiger partial charge in [0, 0.05) is 19.3 Å². The van der Waals surface area contributed by atoms with Crippen molar-refractivity contribution in [2.24, 2.45) is 5.73 Å². The monoisotopic (exact) mass is 191 g/mol. The summed E-state index contributed by atoms with van der Waals surface area (Å²) in [5.41, 5.74) is 5.57. The third kappa shape index (κ3) is 2.89. The van der Waals surface area contributed by atoms with Crippen molar-refractivity contribution in [3.05, 3.63) is 0 Å². The first-order chi connectivity index (χ1) is 6.13. The van der Waals surface area contributed by atoms with E-state index in [0.29, 0.717) is 26.1 Å². The molecular weight excluding hydrogens is 174 g/mol.